The van der Waals surface area contributed by atoms with E-state index in [0.29, 0.717) is 11.0 Å². The number of thiocarbonyl (C=S) groups is 1. The van der Waals surface area contributed by atoms with Crippen molar-refractivity contribution in [3.05, 3.63) is 45.6 Å². The van der Waals surface area contributed by atoms with Crippen LogP contribution in [0.15, 0.2) is 30.3 Å². The van der Waals surface area contributed by atoms with E-state index in [1.54, 1.807) is 18.4 Å². The van der Waals surface area contributed by atoms with Gasteiger partial charge in [-0.2, -0.15) is 0 Å². The zero-order valence-electron chi connectivity index (χ0n) is 14.2. The van der Waals surface area contributed by atoms with Gasteiger partial charge in [-0.15, -0.1) is 11.3 Å². The number of benzene rings is 1. The summed E-state index contributed by atoms with van der Waals surface area (Å²) in [6.45, 7) is 2.25. The third-order valence-electron chi connectivity index (χ3n) is 4.17. The largest absolute Gasteiger partial charge is 0.497 e. The second-order valence-electron chi connectivity index (χ2n) is 6.17. The van der Waals surface area contributed by atoms with Crippen molar-refractivity contribution in [3.63, 3.8) is 0 Å². The lowest BCUT2D eigenvalue weighted by Crippen LogP contribution is -2.43. The molecule has 0 bridgehead atoms. The molecule has 0 saturated carbocycles. The molecule has 3 rings (SSSR count). The summed E-state index contributed by atoms with van der Waals surface area (Å²) in [7, 11) is 1.61. The standard InChI is InChI=1S/C18H21N3O2S2/c1-11-6-7-15-12(8-11)9-16(25-15)17(22)20-21-18(24)19-13-4-3-5-14(10-13)23-2/h3-5,9-11H,6-8H2,1-2H3,(H,20,22)(H2,19,21,24). The number of hydrazine groups is 1. The van der Waals surface area contributed by atoms with Crippen molar-refractivity contribution in [2.24, 2.45) is 5.92 Å². The molecule has 7 heteroatoms. The van der Waals surface area contributed by atoms with Gasteiger partial charge in [-0.05, 0) is 61.2 Å². The van der Waals surface area contributed by atoms with Crippen LogP contribution in [0.25, 0.3) is 0 Å². The minimum Gasteiger partial charge on any atom is -0.497 e. The maximum Gasteiger partial charge on any atom is 0.279 e. The predicted octanol–water partition coefficient (Wildman–Crippen LogP) is 3.51. The number of fused-ring (bicyclic) bond motifs is 1. The Morgan fingerprint density at radius 2 is 2.16 bits per heavy atom. The summed E-state index contributed by atoms with van der Waals surface area (Å²) in [5.74, 6) is 1.26. The topological polar surface area (TPSA) is 62.4 Å². The number of amides is 1. The molecule has 1 amide bonds. The van der Waals surface area contributed by atoms with Crippen LogP contribution in [0.3, 0.4) is 0 Å². The summed E-state index contributed by atoms with van der Waals surface area (Å²) in [6, 6.07) is 9.41. The molecule has 5 nitrogen and oxygen atoms in total. The number of thiophene rings is 1. The molecule has 0 fully saturated rings. The number of methoxy groups -OCH3 is 1. The van der Waals surface area contributed by atoms with Gasteiger partial charge in [0.15, 0.2) is 5.11 Å². The zero-order valence-corrected chi connectivity index (χ0v) is 15.9. The van der Waals surface area contributed by atoms with Gasteiger partial charge in [0.25, 0.3) is 5.91 Å². The molecule has 1 atom stereocenters. The maximum absolute atomic E-state index is 12.3. The Morgan fingerprint density at radius 1 is 1.32 bits per heavy atom. The Morgan fingerprint density at radius 3 is 2.96 bits per heavy atom. The first-order valence-corrected chi connectivity index (χ1v) is 9.40. The smallest absolute Gasteiger partial charge is 0.279 e. The normalized spacial score (nSPS) is 15.8. The molecule has 132 valence electrons. The average Bonchev–Trinajstić information content (AvgIpc) is 3.03. The van der Waals surface area contributed by atoms with Gasteiger partial charge in [-0.25, -0.2) is 0 Å². The van der Waals surface area contributed by atoms with E-state index in [9.17, 15) is 4.79 Å². The van der Waals surface area contributed by atoms with Crippen LogP contribution in [-0.4, -0.2) is 18.1 Å². The van der Waals surface area contributed by atoms with Crippen molar-refractivity contribution < 1.29 is 9.53 Å². The SMILES string of the molecule is COc1cccc(NC(=S)NNC(=O)c2cc3c(s2)CCC(C)C3)c1. The highest BCUT2D eigenvalue weighted by Gasteiger charge is 2.20. The highest BCUT2D eigenvalue weighted by Crippen LogP contribution is 2.32. The van der Waals surface area contributed by atoms with Crippen LogP contribution in [0.2, 0.25) is 0 Å². The molecule has 1 aromatic carbocycles. The fourth-order valence-corrected chi connectivity index (χ4v) is 4.13. The Kier molecular flexibility index (Phi) is 5.55. The molecule has 1 aromatic heterocycles. The molecular formula is C18H21N3O2S2. The van der Waals surface area contributed by atoms with Crippen LogP contribution < -0.4 is 20.9 Å². The van der Waals surface area contributed by atoms with E-state index in [2.05, 4.69) is 23.1 Å². The summed E-state index contributed by atoms with van der Waals surface area (Å²) < 4.78 is 5.17. The average molecular weight is 376 g/mol. The number of ether oxygens (including phenoxy) is 1. The second-order valence-corrected chi connectivity index (χ2v) is 7.72. The fraction of sp³-hybridized carbons (Fsp3) is 0.333. The quantitative estimate of drug-likeness (QED) is 0.566. The van der Waals surface area contributed by atoms with E-state index in [1.165, 1.54) is 16.9 Å². The summed E-state index contributed by atoms with van der Waals surface area (Å²) in [6.07, 6.45) is 3.32. The van der Waals surface area contributed by atoms with E-state index in [0.717, 1.165) is 29.2 Å². The van der Waals surface area contributed by atoms with Gasteiger partial charge in [0.1, 0.15) is 5.75 Å². The van der Waals surface area contributed by atoms with Crippen molar-refractivity contribution >= 4 is 40.3 Å². The van der Waals surface area contributed by atoms with Gasteiger partial charge in [0.05, 0.1) is 12.0 Å². The van der Waals surface area contributed by atoms with Gasteiger partial charge < -0.3 is 10.1 Å². The second kappa shape index (κ2) is 7.84. The van der Waals surface area contributed by atoms with Gasteiger partial charge in [-0.3, -0.25) is 15.6 Å². The number of carbonyl (C=O) groups excluding carboxylic acids is 1. The Bertz CT molecular complexity index is 788. The number of anilines is 1. The summed E-state index contributed by atoms with van der Waals surface area (Å²) in [5, 5.41) is 3.32. The minimum absolute atomic E-state index is 0.165. The van der Waals surface area contributed by atoms with Crippen molar-refractivity contribution in [1.29, 1.82) is 0 Å². The van der Waals surface area contributed by atoms with E-state index in [4.69, 9.17) is 17.0 Å². The first-order valence-electron chi connectivity index (χ1n) is 8.18. The zero-order chi connectivity index (χ0) is 17.8. The lowest BCUT2D eigenvalue weighted by Gasteiger charge is -2.16. The monoisotopic (exact) mass is 375 g/mol. The number of rotatable bonds is 3. The lowest BCUT2D eigenvalue weighted by molar-refractivity contribution is 0.0948. The van der Waals surface area contributed by atoms with E-state index >= 15 is 0 Å². The molecule has 2 aromatic rings. The van der Waals surface area contributed by atoms with Gasteiger partial charge in [-0.1, -0.05) is 13.0 Å². The first kappa shape index (κ1) is 17.7. The lowest BCUT2D eigenvalue weighted by atomic mass is 9.90. The summed E-state index contributed by atoms with van der Waals surface area (Å²) >= 11 is 6.79. The maximum atomic E-state index is 12.3. The predicted molar refractivity (Wildman–Crippen MR) is 105 cm³/mol. The number of hydrogen-bond donors (Lipinski definition) is 3. The van der Waals surface area contributed by atoms with Crippen molar-refractivity contribution in [2.45, 2.75) is 26.2 Å². The van der Waals surface area contributed by atoms with E-state index in [-0.39, 0.29) is 5.91 Å². The van der Waals surface area contributed by atoms with Gasteiger partial charge in [0, 0.05) is 16.6 Å². The Labute approximate surface area is 156 Å². The van der Waals surface area contributed by atoms with E-state index < -0.39 is 0 Å². The highest BCUT2D eigenvalue weighted by atomic mass is 32.1. The molecule has 0 radical (unpaired) electrons. The van der Waals surface area contributed by atoms with Crippen molar-refractivity contribution in [1.82, 2.24) is 10.9 Å². The fourth-order valence-electron chi connectivity index (χ4n) is 2.86. The third-order valence-corrected chi connectivity index (χ3v) is 5.61. The van der Waals surface area contributed by atoms with Crippen LogP contribution in [0.1, 0.15) is 33.5 Å². The third kappa shape index (κ3) is 4.49. The first-order chi connectivity index (χ1) is 12.0. The van der Waals surface area contributed by atoms with Crippen molar-refractivity contribution in [3.8, 4) is 5.75 Å². The van der Waals surface area contributed by atoms with Crippen molar-refractivity contribution in [2.75, 3.05) is 12.4 Å². The number of aryl methyl sites for hydroxylation is 1. The molecule has 1 aliphatic rings. The van der Waals surface area contributed by atoms with Crippen LogP contribution in [0.5, 0.6) is 5.75 Å². The Balaban J connectivity index is 1.54. The molecule has 1 heterocycles. The molecule has 0 aliphatic heterocycles. The molecule has 0 spiro atoms. The van der Waals surface area contributed by atoms with Gasteiger partial charge >= 0.3 is 0 Å². The van der Waals surface area contributed by atoms with Crippen LogP contribution in [0, 0.1) is 5.92 Å². The molecule has 25 heavy (non-hydrogen) atoms. The van der Waals surface area contributed by atoms with Crippen LogP contribution >= 0.6 is 23.6 Å². The molecular weight excluding hydrogens is 354 g/mol. The Hall–Kier alpha value is -2.12. The molecule has 1 unspecified atom stereocenters. The minimum atomic E-state index is -0.165. The molecule has 1 aliphatic carbocycles. The summed E-state index contributed by atoms with van der Waals surface area (Å²) in [4.78, 5) is 14.4. The molecule has 3 N–H and O–H groups in total. The number of carbonyl (C=O) groups is 1. The van der Waals surface area contributed by atoms with Crippen LogP contribution in [-0.2, 0) is 12.8 Å². The van der Waals surface area contributed by atoms with Gasteiger partial charge in [0.2, 0.25) is 0 Å². The number of nitrogens with one attached hydrogen (secondary N) is 3. The van der Waals surface area contributed by atoms with E-state index in [1.807, 2.05) is 30.3 Å². The van der Waals surface area contributed by atoms with Crippen LogP contribution in [0.4, 0.5) is 5.69 Å². The summed E-state index contributed by atoms with van der Waals surface area (Å²) in [5.41, 5.74) is 7.49. The molecule has 0 saturated heterocycles. The number of hydrogen-bond acceptors (Lipinski definition) is 4. The highest BCUT2D eigenvalue weighted by molar-refractivity contribution is 7.80.